The summed E-state index contributed by atoms with van der Waals surface area (Å²) in [4.78, 5) is 0. The van der Waals surface area contributed by atoms with Crippen LogP contribution in [0.15, 0.2) is 42.0 Å². The van der Waals surface area contributed by atoms with Crippen LogP contribution < -0.4 is 0 Å². The minimum absolute atomic E-state index is 0. The van der Waals surface area contributed by atoms with Crippen molar-refractivity contribution < 1.29 is 20.4 Å². The molecule has 0 amide bonds. The fraction of sp³-hybridized carbons (Fsp3) is 0.500. The van der Waals surface area contributed by atoms with Crippen molar-refractivity contribution in [2.75, 3.05) is 0 Å². The first kappa shape index (κ1) is 20.6. The Bertz CT molecular complexity index is 507. The van der Waals surface area contributed by atoms with Gasteiger partial charge in [-0.1, -0.05) is 0 Å². The average Bonchev–Trinajstić information content (AvgIpc) is 2.98. The summed E-state index contributed by atoms with van der Waals surface area (Å²) in [6.07, 6.45) is 14.8. The van der Waals surface area contributed by atoms with Crippen molar-refractivity contribution in [1.82, 2.24) is 0 Å². The van der Waals surface area contributed by atoms with Gasteiger partial charge in [0.2, 0.25) is 0 Å². The van der Waals surface area contributed by atoms with Gasteiger partial charge in [-0.3, -0.25) is 0 Å². The van der Waals surface area contributed by atoms with Crippen LogP contribution in [0.1, 0.15) is 39.5 Å². The molecule has 0 saturated carbocycles. The van der Waals surface area contributed by atoms with Crippen LogP contribution in [0.2, 0.25) is 13.1 Å². The van der Waals surface area contributed by atoms with Crippen molar-refractivity contribution in [3.8, 4) is 0 Å². The van der Waals surface area contributed by atoms with Gasteiger partial charge in [-0.2, -0.15) is 0 Å². The quantitative estimate of drug-likeness (QED) is 0.505. The molecule has 0 spiro atoms. The van der Waals surface area contributed by atoms with Crippen LogP contribution in [0.5, 0.6) is 0 Å². The van der Waals surface area contributed by atoms with Crippen molar-refractivity contribution in [2.24, 2.45) is 0 Å². The summed E-state index contributed by atoms with van der Waals surface area (Å²) >= 11 is -1.44. The van der Waals surface area contributed by atoms with E-state index in [0.717, 1.165) is 0 Å². The van der Waals surface area contributed by atoms with Gasteiger partial charge in [-0.25, -0.2) is 0 Å². The molecule has 2 aliphatic rings. The number of hydrogen-bond acceptors (Lipinski definition) is 0. The summed E-state index contributed by atoms with van der Waals surface area (Å²) in [6, 6.07) is 0. The Balaban J connectivity index is 0.00000180. The number of allylic oxidation sites excluding steroid dienone is 8. The smallest absolute Gasteiger partial charge is 0.147 e. The molecule has 2 rings (SSSR count). The monoisotopic (exact) mass is 406 g/mol. The molecule has 0 heterocycles. The van der Waals surface area contributed by atoms with Crippen molar-refractivity contribution in [3.05, 3.63) is 42.0 Å². The minimum Gasteiger partial charge on any atom is -0.147 e. The van der Waals surface area contributed by atoms with Gasteiger partial charge in [-0.05, 0) is 0 Å². The Hall–Kier alpha value is 0.640. The fourth-order valence-corrected chi connectivity index (χ4v) is 20.0. The Morgan fingerprint density at radius 2 is 1.80 bits per heavy atom. The van der Waals surface area contributed by atoms with E-state index in [0.29, 0.717) is 0 Å². The molecule has 20 heavy (non-hydrogen) atoms. The summed E-state index contributed by atoms with van der Waals surface area (Å²) in [5, 5.41) is 0. The van der Waals surface area contributed by atoms with Gasteiger partial charge in [0.15, 0.2) is 0 Å². The summed E-state index contributed by atoms with van der Waals surface area (Å²) < 4.78 is 3.76. The Morgan fingerprint density at radius 3 is 2.20 bits per heavy atom. The molecule has 4 heteroatoms. The van der Waals surface area contributed by atoms with Gasteiger partial charge < -0.3 is 0 Å². The third-order valence-electron chi connectivity index (χ3n) is 3.93. The Kier molecular flexibility index (Phi) is 9.92. The van der Waals surface area contributed by atoms with Gasteiger partial charge in [0.25, 0.3) is 0 Å². The second-order valence-electron chi connectivity index (χ2n) is 5.38. The summed E-state index contributed by atoms with van der Waals surface area (Å²) in [7, 11) is 0. The van der Waals surface area contributed by atoms with Crippen molar-refractivity contribution in [3.63, 3.8) is 0 Å². The van der Waals surface area contributed by atoms with Crippen LogP contribution >= 0.6 is 24.8 Å². The zero-order valence-electron chi connectivity index (χ0n) is 13.0. The van der Waals surface area contributed by atoms with E-state index in [2.05, 4.69) is 51.2 Å². The molecule has 0 bridgehead atoms. The number of rotatable bonds is 4. The van der Waals surface area contributed by atoms with Gasteiger partial charge >= 0.3 is 120 Å². The average molecular weight is 409 g/mol. The number of hydrogen-bond donors (Lipinski definition) is 0. The minimum atomic E-state index is -1.44. The molecule has 0 saturated heterocycles. The van der Waals surface area contributed by atoms with E-state index in [1.54, 1.807) is 11.1 Å². The standard InChI is InChI=1S/C9H13.C5H5.C2H6Si.2ClH.Zr/c1-3-8-6-5-7-9(8)4-2;1-2-4-5-3-1;1-3-2;;;/h6H,3-4,7H2,1-2H3;1-3H,4H2;1-2H3;2*1H;. The molecule has 0 aromatic heterocycles. The van der Waals surface area contributed by atoms with Gasteiger partial charge in [-0.15, -0.1) is 24.8 Å². The van der Waals surface area contributed by atoms with Crippen molar-refractivity contribution >= 4 is 30.2 Å². The molecule has 0 aromatic carbocycles. The van der Waals surface area contributed by atoms with E-state index in [4.69, 9.17) is 0 Å². The molecule has 0 atom stereocenters. The molecule has 0 unspecified atom stereocenters. The largest absolute Gasteiger partial charge is 0.147 e. The normalized spacial score (nSPS) is 16.4. The summed E-state index contributed by atoms with van der Waals surface area (Å²) in [5.41, 5.74) is 3.30. The molecule has 0 radical (unpaired) electrons. The molecular weight excluding hydrogens is 382 g/mol. The molecular formula is C16H26Cl2SiZr. The molecule has 0 N–H and O–H groups in total. The zero-order valence-corrected chi connectivity index (χ0v) is 18.0. The van der Waals surface area contributed by atoms with E-state index >= 15 is 0 Å². The maximum atomic E-state index is 2.62. The molecule has 0 nitrogen and oxygen atoms in total. The molecule has 0 aromatic rings. The topological polar surface area (TPSA) is 0 Å². The molecule has 0 aliphatic heterocycles. The van der Waals surface area contributed by atoms with E-state index in [-0.39, 0.29) is 30.2 Å². The van der Waals surface area contributed by atoms with E-state index < -0.39 is 20.4 Å². The Morgan fingerprint density at radius 1 is 1.10 bits per heavy atom. The number of halogens is 2. The van der Waals surface area contributed by atoms with Crippen LogP contribution in [-0.4, -0.2) is 5.43 Å². The van der Waals surface area contributed by atoms with Gasteiger partial charge in [0.1, 0.15) is 0 Å². The van der Waals surface area contributed by atoms with Gasteiger partial charge in [0, 0.05) is 0 Å². The van der Waals surface area contributed by atoms with Crippen LogP contribution in [0.3, 0.4) is 0 Å². The molecule has 0 fully saturated rings. The Labute approximate surface area is 144 Å². The predicted molar refractivity (Wildman–Crippen MR) is 94.1 cm³/mol. The first-order chi connectivity index (χ1) is 8.67. The molecule has 2 aliphatic carbocycles. The van der Waals surface area contributed by atoms with Crippen LogP contribution in [0.25, 0.3) is 0 Å². The first-order valence-electron chi connectivity index (χ1n) is 7.12. The fourth-order valence-electron chi connectivity index (χ4n) is 3.05. The zero-order chi connectivity index (χ0) is 13.1. The van der Waals surface area contributed by atoms with Crippen molar-refractivity contribution in [2.45, 2.75) is 52.6 Å². The maximum absolute atomic E-state index is 2.62. The summed E-state index contributed by atoms with van der Waals surface area (Å²) in [5.74, 6) is 0. The van der Waals surface area contributed by atoms with Crippen LogP contribution in [0.4, 0.5) is 0 Å². The van der Waals surface area contributed by atoms with Crippen molar-refractivity contribution in [1.29, 1.82) is 0 Å². The molecule has 112 valence electrons. The van der Waals surface area contributed by atoms with Crippen LogP contribution in [0, 0.1) is 0 Å². The van der Waals surface area contributed by atoms with Crippen LogP contribution in [-0.2, 0) is 20.4 Å². The van der Waals surface area contributed by atoms with E-state index in [1.807, 2.05) is 6.56 Å². The third kappa shape index (κ3) is 4.57. The second-order valence-corrected chi connectivity index (χ2v) is 22.7. The predicted octanol–water partition coefficient (Wildman–Crippen LogP) is 5.95. The summed E-state index contributed by atoms with van der Waals surface area (Å²) in [6.45, 7) is 9.74. The van der Waals surface area contributed by atoms with E-state index in [1.165, 1.54) is 25.7 Å². The third-order valence-corrected chi connectivity index (χ3v) is 21.0. The SMILES string of the molecule is CCC1=C(CC)C[C]([Zr]([C]2=CC=CC2)=[Si](C)C)=C1.Cl.Cl. The van der Waals surface area contributed by atoms with Gasteiger partial charge in [0.05, 0.1) is 0 Å². The first-order valence-corrected chi connectivity index (χ1v) is 15.8. The maximum Gasteiger partial charge on any atom is -0.147 e. The van der Waals surface area contributed by atoms with E-state index in [9.17, 15) is 0 Å². The second kappa shape index (κ2) is 9.62.